The zero-order valence-corrected chi connectivity index (χ0v) is 10.8. The molecule has 1 N–H and O–H groups in total. The number of hydrogen-bond acceptors (Lipinski definition) is 2. The van der Waals surface area contributed by atoms with Crippen LogP contribution in [0.1, 0.15) is 46.5 Å². The summed E-state index contributed by atoms with van der Waals surface area (Å²) in [6.07, 6.45) is 5.51. The van der Waals surface area contributed by atoms with Crippen molar-refractivity contribution < 1.29 is 0 Å². The Kier molecular flexibility index (Phi) is 6.26. The first-order valence-corrected chi connectivity index (χ1v) is 6.72. The van der Waals surface area contributed by atoms with Gasteiger partial charge in [0.2, 0.25) is 0 Å². The maximum absolute atomic E-state index is 3.46. The van der Waals surface area contributed by atoms with E-state index in [2.05, 4.69) is 31.0 Å². The van der Waals surface area contributed by atoms with Gasteiger partial charge in [0.25, 0.3) is 0 Å². The Bertz CT molecular complexity index is 159. The largest absolute Gasteiger partial charge is 0.314 e. The fourth-order valence-corrected chi connectivity index (χ4v) is 2.40. The minimum atomic E-state index is 0.731. The van der Waals surface area contributed by atoms with Crippen LogP contribution in [0.2, 0.25) is 0 Å². The molecule has 1 aliphatic heterocycles. The molecule has 1 aliphatic rings. The summed E-state index contributed by atoms with van der Waals surface area (Å²) in [5.41, 5.74) is 0. The molecule has 1 heterocycles. The monoisotopic (exact) mass is 212 g/mol. The number of rotatable bonds is 6. The highest BCUT2D eigenvalue weighted by Gasteiger charge is 2.20. The summed E-state index contributed by atoms with van der Waals surface area (Å²) < 4.78 is 0. The molecule has 1 saturated heterocycles. The molecule has 0 aromatic heterocycles. The maximum Gasteiger partial charge on any atom is 0.0193 e. The van der Waals surface area contributed by atoms with Crippen molar-refractivity contribution in [2.75, 3.05) is 26.2 Å². The van der Waals surface area contributed by atoms with Crippen LogP contribution in [0.25, 0.3) is 0 Å². The van der Waals surface area contributed by atoms with Gasteiger partial charge < -0.3 is 5.32 Å². The van der Waals surface area contributed by atoms with Crippen molar-refractivity contribution in [2.24, 2.45) is 5.92 Å². The fourth-order valence-electron chi connectivity index (χ4n) is 2.40. The lowest BCUT2D eigenvalue weighted by molar-refractivity contribution is 0.142. The Labute approximate surface area is 95.4 Å². The lowest BCUT2D eigenvalue weighted by Gasteiger charge is -2.36. The van der Waals surface area contributed by atoms with Gasteiger partial charge in [-0.1, -0.05) is 33.1 Å². The molecule has 1 fully saturated rings. The molecule has 0 aromatic rings. The Balaban J connectivity index is 2.29. The molecular formula is C13H28N2. The van der Waals surface area contributed by atoms with Gasteiger partial charge in [0.1, 0.15) is 0 Å². The van der Waals surface area contributed by atoms with Gasteiger partial charge in [-0.25, -0.2) is 0 Å². The third-order valence-corrected chi connectivity index (χ3v) is 3.67. The van der Waals surface area contributed by atoms with Crippen molar-refractivity contribution in [1.82, 2.24) is 10.2 Å². The van der Waals surface area contributed by atoms with Gasteiger partial charge in [0, 0.05) is 32.2 Å². The lowest BCUT2D eigenvalue weighted by Crippen LogP contribution is -2.51. The molecule has 1 rings (SSSR count). The molecule has 90 valence electrons. The third-order valence-electron chi connectivity index (χ3n) is 3.67. The van der Waals surface area contributed by atoms with E-state index in [9.17, 15) is 0 Å². The number of unbranched alkanes of at least 4 members (excludes halogenated alkanes) is 1. The number of nitrogens with one attached hydrogen (secondary N) is 1. The summed E-state index contributed by atoms with van der Waals surface area (Å²) in [6.45, 7) is 11.9. The third kappa shape index (κ3) is 4.52. The van der Waals surface area contributed by atoms with Gasteiger partial charge in [-0.15, -0.1) is 0 Å². The molecule has 0 amide bonds. The van der Waals surface area contributed by atoms with Crippen molar-refractivity contribution in [3.63, 3.8) is 0 Å². The van der Waals surface area contributed by atoms with E-state index in [-0.39, 0.29) is 0 Å². The summed E-state index contributed by atoms with van der Waals surface area (Å²) in [6, 6.07) is 0.731. The highest BCUT2D eigenvalue weighted by molar-refractivity contribution is 4.77. The molecular weight excluding hydrogens is 184 g/mol. The predicted octanol–water partition coefficient (Wildman–Crippen LogP) is 2.50. The molecule has 1 unspecified atom stereocenters. The molecule has 2 atom stereocenters. The molecule has 0 spiro atoms. The normalized spacial score (nSPS) is 25.4. The van der Waals surface area contributed by atoms with E-state index in [0.717, 1.165) is 12.0 Å². The van der Waals surface area contributed by atoms with E-state index in [4.69, 9.17) is 0 Å². The second kappa shape index (κ2) is 7.24. The average molecular weight is 212 g/mol. The molecule has 0 saturated carbocycles. The highest BCUT2D eigenvalue weighted by atomic mass is 15.2. The Morgan fingerprint density at radius 2 is 2.20 bits per heavy atom. The minimum absolute atomic E-state index is 0.731. The van der Waals surface area contributed by atoms with Crippen molar-refractivity contribution in [3.8, 4) is 0 Å². The van der Waals surface area contributed by atoms with Crippen LogP contribution in [0.4, 0.5) is 0 Å². The highest BCUT2D eigenvalue weighted by Crippen LogP contribution is 2.16. The van der Waals surface area contributed by atoms with Crippen LogP contribution < -0.4 is 5.32 Å². The van der Waals surface area contributed by atoms with Crippen molar-refractivity contribution >= 4 is 0 Å². The summed E-state index contributed by atoms with van der Waals surface area (Å²) in [5.74, 6) is 0.922. The van der Waals surface area contributed by atoms with E-state index < -0.39 is 0 Å². The summed E-state index contributed by atoms with van der Waals surface area (Å²) >= 11 is 0. The Hall–Kier alpha value is -0.0800. The van der Waals surface area contributed by atoms with Crippen molar-refractivity contribution in [1.29, 1.82) is 0 Å². The SMILES string of the molecule is CCCCC(CC)CN1CCNC[C@@H]1C. The van der Waals surface area contributed by atoms with Crippen LogP contribution in [-0.2, 0) is 0 Å². The fraction of sp³-hybridized carbons (Fsp3) is 1.00. The number of piperazine rings is 1. The molecule has 0 radical (unpaired) electrons. The van der Waals surface area contributed by atoms with Crippen LogP contribution in [0.5, 0.6) is 0 Å². The lowest BCUT2D eigenvalue weighted by atomic mass is 9.98. The van der Waals surface area contributed by atoms with Crippen LogP contribution in [0.15, 0.2) is 0 Å². The Morgan fingerprint density at radius 1 is 1.40 bits per heavy atom. The molecule has 0 aromatic carbocycles. The molecule has 15 heavy (non-hydrogen) atoms. The standard InChI is InChI=1S/C13H28N2/c1-4-6-7-13(5-2)11-15-9-8-14-10-12(15)3/h12-14H,4-11H2,1-3H3/t12-,13?/m0/s1. The van der Waals surface area contributed by atoms with E-state index >= 15 is 0 Å². The first-order chi connectivity index (χ1) is 7.27. The predicted molar refractivity (Wildman–Crippen MR) is 67.2 cm³/mol. The van der Waals surface area contributed by atoms with Gasteiger partial charge in [0.15, 0.2) is 0 Å². The average Bonchev–Trinajstić information content (AvgIpc) is 2.26. The number of hydrogen-bond donors (Lipinski definition) is 1. The van der Waals surface area contributed by atoms with Gasteiger partial charge in [-0.3, -0.25) is 4.90 Å². The van der Waals surface area contributed by atoms with Crippen LogP contribution in [0, 0.1) is 5.92 Å². The molecule has 2 heteroatoms. The summed E-state index contributed by atoms with van der Waals surface area (Å²) in [4.78, 5) is 2.67. The minimum Gasteiger partial charge on any atom is -0.314 e. The summed E-state index contributed by atoms with van der Waals surface area (Å²) in [7, 11) is 0. The van der Waals surface area contributed by atoms with Crippen molar-refractivity contribution in [3.05, 3.63) is 0 Å². The second-order valence-corrected chi connectivity index (χ2v) is 4.96. The van der Waals surface area contributed by atoms with E-state index in [1.807, 2.05) is 0 Å². The quantitative estimate of drug-likeness (QED) is 0.728. The topological polar surface area (TPSA) is 15.3 Å². The van der Waals surface area contributed by atoms with Crippen LogP contribution in [0.3, 0.4) is 0 Å². The van der Waals surface area contributed by atoms with E-state index in [0.29, 0.717) is 0 Å². The zero-order chi connectivity index (χ0) is 11.1. The maximum atomic E-state index is 3.46. The van der Waals surface area contributed by atoms with Gasteiger partial charge >= 0.3 is 0 Å². The first kappa shape index (κ1) is 13.0. The first-order valence-electron chi connectivity index (χ1n) is 6.72. The Morgan fingerprint density at radius 3 is 2.80 bits per heavy atom. The summed E-state index contributed by atoms with van der Waals surface area (Å²) in [5, 5.41) is 3.46. The van der Waals surface area contributed by atoms with E-state index in [1.165, 1.54) is 51.9 Å². The zero-order valence-electron chi connectivity index (χ0n) is 10.8. The van der Waals surface area contributed by atoms with Crippen LogP contribution in [-0.4, -0.2) is 37.1 Å². The number of nitrogens with zero attached hydrogens (tertiary/aromatic N) is 1. The van der Waals surface area contributed by atoms with Gasteiger partial charge in [0.05, 0.1) is 0 Å². The van der Waals surface area contributed by atoms with Crippen molar-refractivity contribution in [2.45, 2.75) is 52.5 Å². The van der Waals surface area contributed by atoms with Gasteiger partial charge in [-0.2, -0.15) is 0 Å². The van der Waals surface area contributed by atoms with Crippen LogP contribution >= 0.6 is 0 Å². The van der Waals surface area contributed by atoms with E-state index in [1.54, 1.807) is 0 Å². The molecule has 2 nitrogen and oxygen atoms in total. The smallest absolute Gasteiger partial charge is 0.0193 e. The molecule has 0 aliphatic carbocycles. The van der Waals surface area contributed by atoms with Gasteiger partial charge in [-0.05, 0) is 19.3 Å². The molecule has 0 bridgehead atoms. The second-order valence-electron chi connectivity index (χ2n) is 4.96.